The zero-order chi connectivity index (χ0) is 21.7. The van der Waals surface area contributed by atoms with Crippen molar-refractivity contribution in [2.75, 3.05) is 0 Å². The van der Waals surface area contributed by atoms with Crippen molar-refractivity contribution < 1.29 is 22.8 Å². The highest BCUT2D eigenvalue weighted by molar-refractivity contribution is 5.93. The van der Waals surface area contributed by atoms with Gasteiger partial charge in [0.15, 0.2) is 23.1 Å². The van der Waals surface area contributed by atoms with Gasteiger partial charge in [-0.2, -0.15) is 0 Å². The van der Waals surface area contributed by atoms with Gasteiger partial charge in [-0.1, -0.05) is 29.0 Å². The van der Waals surface area contributed by atoms with Gasteiger partial charge in [0.1, 0.15) is 12.4 Å². The van der Waals surface area contributed by atoms with Gasteiger partial charge < -0.3 is 14.2 Å². The van der Waals surface area contributed by atoms with Gasteiger partial charge in [0, 0.05) is 18.2 Å². The number of carbonyl (C=O) groups excluding carboxylic acids is 1. The van der Waals surface area contributed by atoms with Gasteiger partial charge in [-0.25, -0.2) is 8.78 Å². The SMILES string of the molecule is C=CC[C@@H]1CC(C)=C[C@@H](CC=C)N1C(=O)c1cc(COc2ccc(F)c(F)c2)on1. The molecular weight excluding hydrogens is 390 g/mol. The fraction of sp³-hybridized carbons (Fsp3) is 0.304. The van der Waals surface area contributed by atoms with Crippen LogP contribution >= 0.6 is 0 Å². The zero-order valence-corrected chi connectivity index (χ0v) is 16.8. The van der Waals surface area contributed by atoms with E-state index in [1.54, 1.807) is 17.1 Å². The quantitative estimate of drug-likeness (QED) is 0.556. The third kappa shape index (κ3) is 4.84. The smallest absolute Gasteiger partial charge is 0.276 e. The third-order valence-electron chi connectivity index (χ3n) is 4.92. The summed E-state index contributed by atoms with van der Waals surface area (Å²) in [6.45, 7) is 9.59. The van der Waals surface area contributed by atoms with E-state index >= 15 is 0 Å². The second-order valence-corrected chi connectivity index (χ2v) is 7.24. The Hall–Kier alpha value is -3.22. The molecule has 158 valence electrons. The van der Waals surface area contributed by atoms with Crippen molar-refractivity contribution in [2.45, 2.75) is 44.9 Å². The highest BCUT2D eigenvalue weighted by Gasteiger charge is 2.34. The highest BCUT2D eigenvalue weighted by Crippen LogP contribution is 2.28. The first-order valence-corrected chi connectivity index (χ1v) is 9.68. The summed E-state index contributed by atoms with van der Waals surface area (Å²) in [5.41, 5.74) is 1.38. The Morgan fingerprint density at radius 1 is 1.27 bits per heavy atom. The van der Waals surface area contributed by atoms with Gasteiger partial charge in [0.2, 0.25) is 0 Å². The predicted molar refractivity (Wildman–Crippen MR) is 109 cm³/mol. The van der Waals surface area contributed by atoms with E-state index in [-0.39, 0.29) is 36.0 Å². The van der Waals surface area contributed by atoms with E-state index in [0.29, 0.717) is 18.6 Å². The molecule has 0 bridgehead atoms. The maximum absolute atomic E-state index is 13.3. The van der Waals surface area contributed by atoms with Crippen LogP contribution in [0, 0.1) is 11.6 Å². The highest BCUT2D eigenvalue weighted by atomic mass is 19.2. The maximum atomic E-state index is 13.3. The van der Waals surface area contributed by atoms with Crippen LogP contribution in [-0.2, 0) is 6.61 Å². The molecule has 1 aliphatic rings. The van der Waals surface area contributed by atoms with Crippen LogP contribution in [-0.4, -0.2) is 28.0 Å². The summed E-state index contributed by atoms with van der Waals surface area (Å²) in [6, 6.07) is 4.59. The van der Waals surface area contributed by atoms with Crippen molar-refractivity contribution in [3.8, 4) is 5.75 Å². The van der Waals surface area contributed by atoms with E-state index in [1.165, 1.54) is 17.7 Å². The lowest BCUT2D eigenvalue weighted by Crippen LogP contribution is -2.48. The number of hydrogen-bond acceptors (Lipinski definition) is 4. The van der Waals surface area contributed by atoms with Crippen molar-refractivity contribution in [1.82, 2.24) is 10.1 Å². The normalized spacial score (nSPS) is 18.6. The number of benzene rings is 1. The monoisotopic (exact) mass is 414 g/mol. The predicted octanol–water partition coefficient (Wildman–Crippen LogP) is 5.21. The van der Waals surface area contributed by atoms with Gasteiger partial charge in [-0.15, -0.1) is 13.2 Å². The summed E-state index contributed by atoms with van der Waals surface area (Å²) < 4.78 is 36.9. The number of aromatic nitrogens is 1. The largest absolute Gasteiger partial charge is 0.485 e. The first-order chi connectivity index (χ1) is 14.4. The molecule has 2 heterocycles. The minimum Gasteiger partial charge on any atom is -0.485 e. The summed E-state index contributed by atoms with van der Waals surface area (Å²) in [5, 5.41) is 3.89. The molecule has 30 heavy (non-hydrogen) atoms. The van der Waals surface area contributed by atoms with Crippen LogP contribution in [0.3, 0.4) is 0 Å². The van der Waals surface area contributed by atoms with Crippen LogP contribution < -0.4 is 4.74 Å². The molecule has 1 amide bonds. The lowest BCUT2D eigenvalue weighted by atomic mass is 9.92. The van der Waals surface area contributed by atoms with E-state index in [4.69, 9.17) is 9.26 Å². The van der Waals surface area contributed by atoms with Crippen LogP contribution in [0.15, 0.2) is 65.7 Å². The Balaban J connectivity index is 1.75. The summed E-state index contributed by atoms with van der Waals surface area (Å²) in [6.07, 6.45) is 7.71. The summed E-state index contributed by atoms with van der Waals surface area (Å²) in [7, 11) is 0. The molecule has 7 heteroatoms. The number of rotatable bonds is 8. The summed E-state index contributed by atoms with van der Waals surface area (Å²) in [4.78, 5) is 15.0. The standard InChI is InChI=1S/C23H24F2N2O3/c1-4-6-16-10-15(3)11-17(7-5-2)27(16)23(28)22-13-19(30-26-22)14-29-18-8-9-20(24)21(25)12-18/h4-5,8-10,12-13,16-17H,1-2,6-7,11,14H2,3H3/t16-,17-/m1/s1. The van der Waals surface area contributed by atoms with Gasteiger partial charge in [0.05, 0.1) is 6.04 Å². The van der Waals surface area contributed by atoms with E-state index in [2.05, 4.69) is 31.3 Å². The van der Waals surface area contributed by atoms with Gasteiger partial charge >= 0.3 is 0 Å². The van der Waals surface area contributed by atoms with Gasteiger partial charge in [0.25, 0.3) is 5.91 Å². The van der Waals surface area contributed by atoms with Crippen molar-refractivity contribution in [3.05, 3.63) is 84.3 Å². The van der Waals surface area contributed by atoms with Crippen LogP contribution in [0.1, 0.15) is 42.4 Å². The first kappa shape index (κ1) is 21.5. The Morgan fingerprint density at radius 2 is 2.03 bits per heavy atom. The molecule has 0 unspecified atom stereocenters. The Labute approximate surface area is 174 Å². The molecule has 0 fully saturated rings. The minimum absolute atomic E-state index is 0.0245. The fourth-order valence-corrected chi connectivity index (χ4v) is 3.61. The molecule has 1 aromatic heterocycles. The molecule has 3 rings (SSSR count). The van der Waals surface area contributed by atoms with E-state index in [1.807, 2.05) is 0 Å². The molecule has 0 saturated carbocycles. The molecule has 0 spiro atoms. The molecule has 2 atom stereocenters. The van der Waals surface area contributed by atoms with Crippen LogP contribution in [0.25, 0.3) is 0 Å². The van der Waals surface area contributed by atoms with E-state index in [9.17, 15) is 13.6 Å². The minimum atomic E-state index is -1.00. The molecule has 2 aromatic rings. The molecule has 0 aliphatic carbocycles. The second kappa shape index (κ2) is 9.52. The zero-order valence-electron chi connectivity index (χ0n) is 16.8. The van der Waals surface area contributed by atoms with E-state index in [0.717, 1.165) is 18.6 Å². The average molecular weight is 414 g/mol. The number of carbonyl (C=O) groups is 1. The molecule has 1 aromatic carbocycles. The molecule has 0 saturated heterocycles. The lowest BCUT2D eigenvalue weighted by molar-refractivity contribution is 0.0590. The van der Waals surface area contributed by atoms with Crippen LogP contribution in [0.5, 0.6) is 5.75 Å². The van der Waals surface area contributed by atoms with Crippen molar-refractivity contribution in [3.63, 3.8) is 0 Å². The van der Waals surface area contributed by atoms with Gasteiger partial charge in [-0.3, -0.25) is 4.79 Å². The second-order valence-electron chi connectivity index (χ2n) is 7.24. The van der Waals surface area contributed by atoms with Crippen molar-refractivity contribution in [1.29, 1.82) is 0 Å². The molecular formula is C23H24F2N2O3. The van der Waals surface area contributed by atoms with E-state index < -0.39 is 11.6 Å². The topological polar surface area (TPSA) is 55.6 Å². The number of amides is 1. The van der Waals surface area contributed by atoms with Crippen LogP contribution in [0.4, 0.5) is 8.78 Å². The third-order valence-corrected chi connectivity index (χ3v) is 4.92. The number of hydrogen-bond donors (Lipinski definition) is 0. The van der Waals surface area contributed by atoms with Crippen molar-refractivity contribution in [2.24, 2.45) is 0 Å². The fourth-order valence-electron chi connectivity index (χ4n) is 3.61. The van der Waals surface area contributed by atoms with Gasteiger partial charge in [-0.05, 0) is 38.3 Å². The molecule has 0 N–H and O–H groups in total. The number of ether oxygens (including phenoxy) is 1. The average Bonchev–Trinajstić information content (AvgIpc) is 3.18. The maximum Gasteiger partial charge on any atom is 0.276 e. The van der Waals surface area contributed by atoms with Crippen LogP contribution in [0.2, 0.25) is 0 Å². The molecule has 0 radical (unpaired) electrons. The first-order valence-electron chi connectivity index (χ1n) is 9.68. The molecule has 5 nitrogen and oxygen atoms in total. The van der Waals surface area contributed by atoms with Crippen molar-refractivity contribution >= 4 is 5.91 Å². The Bertz CT molecular complexity index is 967. The number of halogens is 2. The number of nitrogens with zero attached hydrogens (tertiary/aromatic N) is 2. The lowest BCUT2D eigenvalue weighted by Gasteiger charge is -2.40. The summed E-state index contributed by atoms with van der Waals surface area (Å²) >= 11 is 0. The summed E-state index contributed by atoms with van der Waals surface area (Å²) in [5.74, 6) is -1.76. The Morgan fingerprint density at radius 3 is 2.73 bits per heavy atom. The molecule has 1 aliphatic heterocycles. The Kier molecular flexibility index (Phi) is 6.82.